The van der Waals surface area contributed by atoms with Gasteiger partial charge in [0.25, 0.3) is 5.56 Å². The highest BCUT2D eigenvalue weighted by Gasteiger charge is 2.40. The number of nitrogens with one attached hydrogen (secondary N) is 1. The van der Waals surface area contributed by atoms with Crippen molar-refractivity contribution in [3.05, 3.63) is 73.9 Å². The fourth-order valence-corrected chi connectivity index (χ4v) is 3.69. The molecule has 2 aromatic carbocycles. The van der Waals surface area contributed by atoms with E-state index in [4.69, 9.17) is 18.9 Å². The van der Waals surface area contributed by atoms with Crippen molar-refractivity contribution in [3.8, 4) is 28.8 Å². The summed E-state index contributed by atoms with van der Waals surface area (Å²) in [6, 6.07) is 9.44. The van der Waals surface area contributed by atoms with E-state index in [1.54, 1.807) is 30.3 Å². The summed E-state index contributed by atoms with van der Waals surface area (Å²) in [5, 5.41) is 10.9. The number of carbonyl (C=O) groups excluding carboxylic acids is 1. The second-order valence-corrected chi connectivity index (χ2v) is 6.81. The second kappa shape index (κ2) is 8.14. The first-order valence-electron chi connectivity index (χ1n) is 9.68. The number of cyclic esters (lactones) is 1. The highest BCUT2D eigenvalue weighted by Crippen LogP contribution is 2.45. The molecule has 10 heteroatoms. The molecule has 32 heavy (non-hydrogen) atoms. The molecule has 0 spiro atoms. The minimum Gasteiger partial charge on any atom is -0.494 e. The highest BCUT2D eigenvalue weighted by atomic mass is 16.6. The minimum atomic E-state index is -1.25. The van der Waals surface area contributed by atoms with Crippen LogP contribution in [-0.4, -0.2) is 41.5 Å². The van der Waals surface area contributed by atoms with Crippen molar-refractivity contribution in [2.45, 2.75) is 13.0 Å². The number of fused-ring (bicyclic) bond motifs is 1. The van der Waals surface area contributed by atoms with Crippen LogP contribution < -0.4 is 25.5 Å². The number of ether oxygens (including phenoxy) is 4. The Kier molecular flexibility index (Phi) is 5.35. The zero-order valence-corrected chi connectivity index (χ0v) is 17.5. The first-order valence-corrected chi connectivity index (χ1v) is 9.68. The standard InChI is InChI=1S/C22H20N2O8/c1-4-31-12-7-5-11(6-8-12)24-20(26)16(19(25)23-22(24)28)17-13-9-10-14(29-2)18(30-3)15(13)21(27)32-17/h5-10,17,26H,4H2,1-3H3,(H,23,25,28)/t17-/m1/s1. The van der Waals surface area contributed by atoms with Gasteiger partial charge in [0.15, 0.2) is 17.6 Å². The van der Waals surface area contributed by atoms with Crippen LogP contribution in [0.5, 0.6) is 23.1 Å². The summed E-state index contributed by atoms with van der Waals surface area (Å²) >= 11 is 0. The Labute approximate surface area is 181 Å². The minimum absolute atomic E-state index is 0.0782. The van der Waals surface area contributed by atoms with Crippen molar-refractivity contribution in [1.29, 1.82) is 0 Å². The maximum Gasteiger partial charge on any atom is 0.343 e. The quantitative estimate of drug-likeness (QED) is 0.556. The molecular weight excluding hydrogens is 420 g/mol. The number of esters is 1. The maximum atomic E-state index is 12.7. The average Bonchev–Trinajstić information content (AvgIpc) is 3.10. The number of aromatic hydroxyl groups is 1. The van der Waals surface area contributed by atoms with Crippen LogP contribution in [0.4, 0.5) is 0 Å². The van der Waals surface area contributed by atoms with Gasteiger partial charge in [-0.25, -0.2) is 14.2 Å². The van der Waals surface area contributed by atoms with Gasteiger partial charge < -0.3 is 24.1 Å². The van der Waals surface area contributed by atoms with Gasteiger partial charge in [0.1, 0.15) is 16.9 Å². The third-order valence-corrected chi connectivity index (χ3v) is 5.08. The molecule has 0 aliphatic carbocycles. The van der Waals surface area contributed by atoms with Crippen molar-refractivity contribution in [2.24, 2.45) is 0 Å². The number of nitrogens with zero attached hydrogens (tertiary/aromatic N) is 1. The number of benzene rings is 2. The summed E-state index contributed by atoms with van der Waals surface area (Å²) in [6.07, 6.45) is -1.25. The number of rotatable bonds is 6. The van der Waals surface area contributed by atoms with E-state index in [1.807, 2.05) is 6.92 Å². The monoisotopic (exact) mass is 440 g/mol. The molecule has 0 radical (unpaired) electrons. The van der Waals surface area contributed by atoms with Gasteiger partial charge in [-0.05, 0) is 37.3 Å². The van der Waals surface area contributed by atoms with Crippen LogP contribution >= 0.6 is 0 Å². The van der Waals surface area contributed by atoms with E-state index in [0.29, 0.717) is 23.7 Å². The van der Waals surface area contributed by atoms with Gasteiger partial charge in [0.2, 0.25) is 5.88 Å². The lowest BCUT2D eigenvalue weighted by Crippen LogP contribution is -2.32. The molecule has 3 aromatic rings. The van der Waals surface area contributed by atoms with Crippen molar-refractivity contribution < 1.29 is 28.8 Å². The Morgan fingerprint density at radius 1 is 1.06 bits per heavy atom. The molecule has 166 valence electrons. The Hall–Kier alpha value is -4.21. The lowest BCUT2D eigenvalue weighted by Gasteiger charge is -2.16. The summed E-state index contributed by atoms with van der Waals surface area (Å²) < 4.78 is 22.2. The lowest BCUT2D eigenvalue weighted by molar-refractivity contribution is 0.0447. The maximum absolute atomic E-state index is 12.7. The van der Waals surface area contributed by atoms with Gasteiger partial charge in [-0.15, -0.1) is 0 Å². The predicted molar refractivity (Wildman–Crippen MR) is 112 cm³/mol. The molecule has 1 aliphatic rings. The van der Waals surface area contributed by atoms with Gasteiger partial charge in [-0.2, -0.15) is 0 Å². The molecule has 1 atom stereocenters. The van der Waals surface area contributed by atoms with Crippen molar-refractivity contribution in [3.63, 3.8) is 0 Å². The summed E-state index contributed by atoms with van der Waals surface area (Å²) in [4.78, 5) is 40.0. The van der Waals surface area contributed by atoms with E-state index in [-0.39, 0.29) is 22.6 Å². The third-order valence-electron chi connectivity index (χ3n) is 5.08. The van der Waals surface area contributed by atoms with E-state index in [2.05, 4.69) is 4.98 Å². The molecule has 0 amide bonds. The lowest BCUT2D eigenvalue weighted by atomic mass is 9.99. The molecule has 0 bridgehead atoms. The summed E-state index contributed by atoms with van der Waals surface area (Å²) in [5.74, 6) is -0.371. The number of methoxy groups -OCH3 is 2. The zero-order valence-electron chi connectivity index (χ0n) is 17.5. The molecule has 1 aliphatic heterocycles. The van der Waals surface area contributed by atoms with E-state index in [9.17, 15) is 19.5 Å². The largest absolute Gasteiger partial charge is 0.494 e. The summed E-state index contributed by atoms with van der Waals surface area (Å²) in [7, 11) is 2.79. The van der Waals surface area contributed by atoms with Crippen LogP contribution in [0.1, 0.15) is 34.5 Å². The van der Waals surface area contributed by atoms with Gasteiger partial charge in [-0.3, -0.25) is 9.78 Å². The van der Waals surface area contributed by atoms with Crippen molar-refractivity contribution in [2.75, 3.05) is 20.8 Å². The van der Waals surface area contributed by atoms with Crippen LogP contribution in [0.15, 0.2) is 46.0 Å². The molecule has 4 rings (SSSR count). The van der Waals surface area contributed by atoms with Crippen LogP contribution in [-0.2, 0) is 4.74 Å². The number of hydrogen-bond acceptors (Lipinski definition) is 8. The zero-order chi connectivity index (χ0) is 23.0. The SMILES string of the molecule is CCOc1ccc(-n2c(O)c([C@@H]3OC(=O)c4c3ccc(OC)c4OC)c(=O)[nH]c2=O)cc1. The predicted octanol–water partition coefficient (Wildman–Crippen LogP) is 1.91. The van der Waals surface area contributed by atoms with Gasteiger partial charge in [0.05, 0.1) is 26.5 Å². The third kappa shape index (κ3) is 3.25. The normalized spacial score (nSPS) is 14.6. The van der Waals surface area contributed by atoms with Crippen LogP contribution in [0.3, 0.4) is 0 Å². The van der Waals surface area contributed by atoms with E-state index < -0.39 is 29.2 Å². The average molecular weight is 440 g/mol. The molecular formula is C22H20N2O8. The molecule has 0 saturated carbocycles. The Morgan fingerprint density at radius 2 is 1.78 bits per heavy atom. The molecule has 0 fully saturated rings. The van der Waals surface area contributed by atoms with Crippen LogP contribution in [0.25, 0.3) is 5.69 Å². The van der Waals surface area contributed by atoms with E-state index in [1.165, 1.54) is 20.3 Å². The number of aromatic nitrogens is 2. The van der Waals surface area contributed by atoms with Crippen LogP contribution in [0, 0.1) is 0 Å². The van der Waals surface area contributed by atoms with Crippen molar-refractivity contribution in [1.82, 2.24) is 9.55 Å². The Balaban J connectivity index is 1.89. The van der Waals surface area contributed by atoms with Crippen LogP contribution in [0.2, 0.25) is 0 Å². The molecule has 0 saturated heterocycles. The van der Waals surface area contributed by atoms with E-state index >= 15 is 0 Å². The summed E-state index contributed by atoms with van der Waals surface area (Å²) in [5.41, 5.74) is -1.37. The molecule has 1 aromatic heterocycles. The number of aromatic amines is 1. The van der Waals surface area contributed by atoms with Gasteiger partial charge in [-0.1, -0.05) is 6.07 Å². The first-order chi connectivity index (χ1) is 15.4. The second-order valence-electron chi connectivity index (χ2n) is 6.81. The first kappa shape index (κ1) is 21.0. The highest BCUT2D eigenvalue weighted by molar-refractivity contribution is 5.98. The van der Waals surface area contributed by atoms with Crippen molar-refractivity contribution >= 4 is 5.97 Å². The fraction of sp³-hybridized carbons (Fsp3) is 0.227. The summed E-state index contributed by atoms with van der Waals surface area (Å²) in [6.45, 7) is 2.30. The van der Waals surface area contributed by atoms with Gasteiger partial charge >= 0.3 is 11.7 Å². The van der Waals surface area contributed by atoms with E-state index in [0.717, 1.165) is 4.57 Å². The molecule has 2 N–H and O–H groups in total. The number of hydrogen-bond donors (Lipinski definition) is 2. The topological polar surface area (TPSA) is 129 Å². The Morgan fingerprint density at radius 3 is 2.41 bits per heavy atom. The number of H-pyrrole nitrogens is 1. The fourth-order valence-electron chi connectivity index (χ4n) is 3.69. The Bertz CT molecular complexity index is 1310. The smallest absolute Gasteiger partial charge is 0.343 e. The molecule has 2 heterocycles. The number of carbonyl (C=O) groups is 1. The molecule has 0 unspecified atom stereocenters. The van der Waals surface area contributed by atoms with Gasteiger partial charge in [0, 0.05) is 5.56 Å². The molecule has 10 nitrogen and oxygen atoms in total.